The van der Waals surface area contributed by atoms with Gasteiger partial charge in [-0.1, -0.05) is 30.3 Å². The Labute approximate surface area is 169 Å². The summed E-state index contributed by atoms with van der Waals surface area (Å²) in [5.74, 6) is 0.343. The Morgan fingerprint density at radius 2 is 1.83 bits per heavy atom. The van der Waals surface area contributed by atoms with E-state index in [9.17, 15) is 4.79 Å². The topological polar surface area (TPSA) is 85.2 Å². The number of hydrogen-bond acceptors (Lipinski definition) is 6. The van der Waals surface area contributed by atoms with E-state index >= 15 is 0 Å². The zero-order chi connectivity index (χ0) is 20.1. The van der Waals surface area contributed by atoms with Crippen molar-refractivity contribution >= 4 is 11.6 Å². The van der Waals surface area contributed by atoms with Gasteiger partial charge in [0.1, 0.15) is 6.54 Å². The van der Waals surface area contributed by atoms with Crippen LogP contribution in [0.15, 0.2) is 54.6 Å². The lowest BCUT2D eigenvalue weighted by atomic mass is 10.1. The molecule has 0 radical (unpaired) electrons. The van der Waals surface area contributed by atoms with Crippen molar-refractivity contribution in [1.82, 2.24) is 25.5 Å². The van der Waals surface area contributed by atoms with Gasteiger partial charge in [0.2, 0.25) is 11.7 Å². The number of amides is 1. The molecule has 1 aliphatic heterocycles. The molecule has 150 valence electrons. The van der Waals surface area contributed by atoms with Crippen molar-refractivity contribution in [2.24, 2.45) is 0 Å². The number of aromatic nitrogens is 4. The number of tetrazole rings is 1. The molecule has 29 heavy (non-hydrogen) atoms. The molecule has 1 N–H and O–H groups in total. The molecule has 0 spiro atoms. The van der Waals surface area contributed by atoms with E-state index in [-0.39, 0.29) is 18.5 Å². The normalized spacial score (nSPS) is 15.1. The van der Waals surface area contributed by atoms with Crippen molar-refractivity contribution in [2.75, 3.05) is 31.2 Å². The summed E-state index contributed by atoms with van der Waals surface area (Å²) in [6.45, 7) is 5.26. The van der Waals surface area contributed by atoms with Gasteiger partial charge in [-0.3, -0.25) is 4.79 Å². The summed E-state index contributed by atoms with van der Waals surface area (Å²) in [4.78, 5) is 15.9. The Bertz CT molecular complexity index is 935. The first-order valence-electron chi connectivity index (χ1n) is 9.74. The maximum atomic E-state index is 12.3. The lowest BCUT2D eigenvalue weighted by Gasteiger charge is -2.28. The average Bonchev–Trinajstić information content (AvgIpc) is 3.23. The minimum Gasteiger partial charge on any atom is -0.378 e. The maximum Gasteiger partial charge on any atom is 0.244 e. The van der Waals surface area contributed by atoms with Gasteiger partial charge in [0.15, 0.2) is 0 Å². The van der Waals surface area contributed by atoms with E-state index in [4.69, 9.17) is 4.74 Å². The van der Waals surface area contributed by atoms with Crippen molar-refractivity contribution in [3.8, 4) is 11.4 Å². The summed E-state index contributed by atoms with van der Waals surface area (Å²) in [6, 6.07) is 17.8. The van der Waals surface area contributed by atoms with Crippen molar-refractivity contribution < 1.29 is 9.53 Å². The van der Waals surface area contributed by atoms with Gasteiger partial charge in [-0.25, -0.2) is 0 Å². The molecule has 0 bridgehead atoms. The summed E-state index contributed by atoms with van der Waals surface area (Å²) in [5.41, 5.74) is 3.07. The Balaban J connectivity index is 1.36. The summed E-state index contributed by atoms with van der Waals surface area (Å²) in [6.07, 6.45) is 0. The van der Waals surface area contributed by atoms with Crippen molar-refractivity contribution in [3.63, 3.8) is 0 Å². The van der Waals surface area contributed by atoms with Gasteiger partial charge < -0.3 is 15.0 Å². The Kier molecular flexibility index (Phi) is 5.81. The first kappa shape index (κ1) is 19.1. The van der Waals surface area contributed by atoms with Crippen LogP contribution in [0.5, 0.6) is 0 Å². The number of carbonyl (C=O) groups is 1. The van der Waals surface area contributed by atoms with Crippen LogP contribution in [0.4, 0.5) is 5.69 Å². The number of morpholine rings is 1. The van der Waals surface area contributed by atoms with Crippen molar-refractivity contribution in [2.45, 2.75) is 19.5 Å². The van der Waals surface area contributed by atoms with Crippen LogP contribution in [0.1, 0.15) is 18.5 Å². The zero-order valence-electron chi connectivity index (χ0n) is 16.4. The highest BCUT2D eigenvalue weighted by Gasteiger charge is 2.14. The third-order valence-electron chi connectivity index (χ3n) is 4.92. The number of benzene rings is 2. The number of nitrogens with one attached hydrogen (secondary N) is 1. The van der Waals surface area contributed by atoms with Gasteiger partial charge in [-0.2, -0.15) is 4.80 Å². The smallest absolute Gasteiger partial charge is 0.244 e. The number of hydrogen-bond donors (Lipinski definition) is 1. The van der Waals surface area contributed by atoms with Gasteiger partial charge in [0, 0.05) is 24.3 Å². The molecule has 1 atom stereocenters. The third kappa shape index (κ3) is 4.78. The van der Waals surface area contributed by atoms with Gasteiger partial charge in [-0.15, -0.1) is 10.2 Å². The van der Waals surface area contributed by atoms with E-state index in [1.54, 1.807) is 0 Å². The second kappa shape index (κ2) is 8.83. The molecule has 0 aliphatic carbocycles. The lowest BCUT2D eigenvalue weighted by molar-refractivity contribution is -0.122. The summed E-state index contributed by atoms with van der Waals surface area (Å²) in [5, 5.41) is 15.4. The second-order valence-electron chi connectivity index (χ2n) is 6.99. The molecule has 8 nitrogen and oxygen atoms in total. The standard InChI is InChI=1S/C21H24N6O2/c1-16(17-5-3-2-4-6-17)22-20(28)15-27-24-21(23-25-27)18-7-9-19(10-8-18)26-11-13-29-14-12-26/h2-10,16H,11-15H2,1H3,(H,22,28). The molecule has 8 heteroatoms. The van der Waals surface area contributed by atoms with E-state index in [0.717, 1.165) is 43.1 Å². The minimum absolute atomic E-state index is 0.0238. The molecule has 2 aromatic carbocycles. The predicted molar refractivity (Wildman–Crippen MR) is 109 cm³/mol. The largest absolute Gasteiger partial charge is 0.378 e. The molecule has 1 saturated heterocycles. The molecular formula is C21H24N6O2. The van der Waals surface area contributed by atoms with Crippen molar-refractivity contribution in [3.05, 3.63) is 60.2 Å². The Morgan fingerprint density at radius 1 is 1.10 bits per heavy atom. The minimum atomic E-state index is -0.159. The molecule has 2 heterocycles. The highest BCUT2D eigenvalue weighted by Crippen LogP contribution is 2.21. The number of ether oxygens (including phenoxy) is 1. The Morgan fingerprint density at radius 3 is 2.55 bits per heavy atom. The fraction of sp³-hybridized carbons (Fsp3) is 0.333. The monoisotopic (exact) mass is 392 g/mol. The van der Waals surface area contributed by atoms with Gasteiger partial charge in [0.25, 0.3) is 0 Å². The molecule has 3 aromatic rings. The molecule has 0 saturated carbocycles. The van der Waals surface area contributed by atoms with Crippen LogP contribution >= 0.6 is 0 Å². The van der Waals surface area contributed by atoms with Gasteiger partial charge >= 0.3 is 0 Å². The van der Waals surface area contributed by atoms with Gasteiger partial charge in [-0.05, 0) is 42.0 Å². The summed E-state index contributed by atoms with van der Waals surface area (Å²) >= 11 is 0. The molecular weight excluding hydrogens is 368 g/mol. The number of nitrogens with zero attached hydrogens (tertiary/aromatic N) is 5. The summed E-state index contributed by atoms with van der Waals surface area (Å²) in [7, 11) is 0. The van der Waals surface area contributed by atoms with E-state index in [1.165, 1.54) is 4.80 Å². The highest BCUT2D eigenvalue weighted by molar-refractivity contribution is 5.76. The molecule has 4 rings (SSSR count). The molecule has 1 unspecified atom stereocenters. The van der Waals surface area contributed by atoms with Gasteiger partial charge in [0.05, 0.1) is 19.3 Å². The van der Waals surface area contributed by atoms with Crippen LogP contribution in [0, 0.1) is 0 Å². The SMILES string of the molecule is CC(NC(=O)Cn1nnc(-c2ccc(N3CCOCC3)cc2)n1)c1ccccc1. The number of carbonyl (C=O) groups excluding carboxylic acids is 1. The van der Waals surface area contributed by atoms with E-state index in [2.05, 4.69) is 37.8 Å². The van der Waals surface area contributed by atoms with Crippen LogP contribution in [-0.2, 0) is 16.1 Å². The first-order chi connectivity index (χ1) is 14.2. The van der Waals surface area contributed by atoms with E-state index in [1.807, 2.05) is 49.4 Å². The van der Waals surface area contributed by atoms with Crippen molar-refractivity contribution in [1.29, 1.82) is 0 Å². The Hall–Kier alpha value is -3.26. The van der Waals surface area contributed by atoms with Crippen LogP contribution in [0.25, 0.3) is 11.4 Å². The lowest BCUT2D eigenvalue weighted by Crippen LogP contribution is -2.36. The second-order valence-corrected chi connectivity index (χ2v) is 6.99. The molecule has 1 aromatic heterocycles. The average molecular weight is 392 g/mol. The molecule has 1 aliphatic rings. The fourth-order valence-electron chi connectivity index (χ4n) is 3.31. The van der Waals surface area contributed by atoms with Crippen LogP contribution in [0.3, 0.4) is 0 Å². The quantitative estimate of drug-likeness (QED) is 0.691. The van der Waals surface area contributed by atoms with Crippen LogP contribution in [-0.4, -0.2) is 52.4 Å². The van der Waals surface area contributed by atoms with Crippen LogP contribution in [0.2, 0.25) is 0 Å². The molecule has 1 amide bonds. The van der Waals surface area contributed by atoms with Crippen LogP contribution < -0.4 is 10.2 Å². The third-order valence-corrected chi connectivity index (χ3v) is 4.92. The fourth-order valence-corrected chi connectivity index (χ4v) is 3.31. The number of rotatable bonds is 6. The maximum absolute atomic E-state index is 12.3. The first-order valence-corrected chi connectivity index (χ1v) is 9.74. The molecule has 1 fully saturated rings. The zero-order valence-corrected chi connectivity index (χ0v) is 16.4. The predicted octanol–water partition coefficient (Wildman–Crippen LogP) is 2.05. The number of anilines is 1. The highest BCUT2D eigenvalue weighted by atomic mass is 16.5. The van der Waals surface area contributed by atoms with E-state index in [0.29, 0.717) is 5.82 Å². The van der Waals surface area contributed by atoms with E-state index < -0.39 is 0 Å². The summed E-state index contributed by atoms with van der Waals surface area (Å²) < 4.78 is 5.39.